The molecule has 7 nitrogen and oxygen atoms in total. The number of thioether (sulfide) groups is 1. The molecular weight excluding hydrogens is 548 g/mol. The van der Waals surface area contributed by atoms with Crippen LogP contribution in [0.1, 0.15) is 29.2 Å². The van der Waals surface area contributed by atoms with Crippen molar-refractivity contribution >= 4 is 17.8 Å². The van der Waals surface area contributed by atoms with Gasteiger partial charge in [-0.3, -0.25) is 0 Å². The van der Waals surface area contributed by atoms with E-state index >= 15 is 0 Å². The van der Waals surface area contributed by atoms with Crippen molar-refractivity contribution in [2.45, 2.75) is 42.0 Å². The smallest absolute Gasteiger partial charge is 0.382 e. The van der Waals surface area contributed by atoms with Gasteiger partial charge >= 0.3 is 6.18 Å². The van der Waals surface area contributed by atoms with E-state index in [1.165, 1.54) is 59.4 Å². The summed E-state index contributed by atoms with van der Waals surface area (Å²) in [5.41, 5.74) is -1.46. The van der Waals surface area contributed by atoms with Gasteiger partial charge in [0.2, 0.25) is 0 Å². The molecule has 4 rings (SSSR count). The third-order valence-electron chi connectivity index (χ3n) is 6.33. The first-order valence-electron chi connectivity index (χ1n) is 12.2. The fraction of sp³-hybridized carbons (Fsp3) is 0.321. The number of hydrogen-bond donors (Lipinski definition) is 1. The van der Waals surface area contributed by atoms with Crippen LogP contribution in [0.15, 0.2) is 73.3 Å². The maximum Gasteiger partial charge on any atom is 0.416 e. The summed E-state index contributed by atoms with van der Waals surface area (Å²) in [6.07, 6.45) is 4.18. The van der Waals surface area contributed by atoms with E-state index in [-0.39, 0.29) is 17.4 Å². The number of benzene rings is 2. The molecule has 0 unspecified atom stereocenters. The average Bonchev–Trinajstić information content (AvgIpc) is 3.45. The number of alkyl halides is 3. The van der Waals surface area contributed by atoms with E-state index < -0.39 is 34.7 Å². The summed E-state index contributed by atoms with van der Waals surface area (Å²) in [6, 6.07) is 10.6. The normalized spacial score (nSPS) is 20.4. The van der Waals surface area contributed by atoms with E-state index in [1.54, 1.807) is 31.2 Å². The number of hydrogen-bond acceptors (Lipinski definition) is 7. The minimum absolute atomic E-state index is 0.0154. The molecule has 0 radical (unpaired) electrons. The maximum atomic E-state index is 14.0. The number of ether oxygens (including phenoxy) is 2. The average molecular weight is 575 g/mol. The van der Waals surface area contributed by atoms with Crippen LogP contribution < -0.4 is 0 Å². The van der Waals surface area contributed by atoms with Gasteiger partial charge in [0.05, 0.1) is 42.2 Å². The summed E-state index contributed by atoms with van der Waals surface area (Å²) in [4.78, 5) is 3.89. The van der Waals surface area contributed by atoms with Crippen molar-refractivity contribution in [2.24, 2.45) is 0 Å². The Morgan fingerprint density at radius 3 is 2.45 bits per heavy atom. The van der Waals surface area contributed by atoms with Gasteiger partial charge in [0, 0.05) is 10.8 Å². The van der Waals surface area contributed by atoms with Gasteiger partial charge in [-0.2, -0.15) is 23.5 Å². The third-order valence-corrected chi connectivity index (χ3v) is 7.78. The Balaban J connectivity index is 1.36. The van der Waals surface area contributed by atoms with Crippen LogP contribution in [0.5, 0.6) is 0 Å². The van der Waals surface area contributed by atoms with Crippen molar-refractivity contribution in [3.63, 3.8) is 0 Å². The lowest BCUT2D eigenvalue weighted by Crippen LogP contribution is -2.43. The van der Waals surface area contributed by atoms with Gasteiger partial charge < -0.3 is 14.6 Å². The predicted molar refractivity (Wildman–Crippen MR) is 141 cm³/mol. The van der Waals surface area contributed by atoms with Crippen molar-refractivity contribution in [1.29, 1.82) is 5.26 Å². The molecule has 2 aromatic carbocycles. The van der Waals surface area contributed by atoms with Crippen LogP contribution in [0.3, 0.4) is 0 Å². The van der Waals surface area contributed by atoms with Gasteiger partial charge in [-0.1, -0.05) is 43.4 Å². The minimum Gasteiger partial charge on any atom is -0.382 e. The Morgan fingerprint density at radius 2 is 1.85 bits per heavy atom. The fourth-order valence-electron chi connectivity index (χ4n) is 4.10. The molecule has 0 saturated carbocycles. The molecule has 2 atom stereocenters. The fourth-order valence-corrected chi connectivity index (χ4v) is 5.43. The second-order valence-corrected chi connectivity index (χ2v) is 10.8. The van der Waals surface area contributed by atoms with Gasteiger partial charge in [0.15, 0.2) is 6.29 Å². The molecule has 1 fully saturated rings. The molecule has 1 saturated heterocycles. The topological polar surface area (TPSA) is 93.2 Å². The first-order valence-corrected chi connectivity index (χ1v) is 13.2. The van der Waals surface area contributed by atoms with Crippen LogP contribution in [0, 0.1) is 17.1 Å². The molecule has 1 aromatic heterocycles. The molecule has 2 heterocycles. The molecule has 0 bridgehead atoms. The first kappa shape index (κ1) is 29.5. The van der Waals surface area contributed by atoms with Crippen LogP contribution in [0.4, 0.5) is 17.6 Å². The van der Waals surface area contributed by atoms with Crippen molar-refractivity contribution in [3.8, 4) is 6.07 Å². The molecule has 0 spiro atoms. The van der Waals surface area contributed by atoms with Crippen molar-refractivity contribution < 1.29 is 32.1 Å². The summed E-state index contributed by atoms with van der Waals surface area (Å²) in [6.45, 7) is 2.39. The molecule has 1 N–H and O–H groups in total. The van der Waals surface area contributed by atoms with Gasteiger partial charge in [-0.25, -0.2) is 14.1 Å². The largest absolute Gasteiger partial charge is 0.416 e. The molecule has 210 valence electrons. The van der Waals surface area contributed by atoms with Gasteiger partial charge in [-0.15, -0.1) is 11.8 Å². The quantitative estimate of drug-likeness (QED) is 0.273. The Hall–Kier alpha value is -3.50. The molecule has 0 aliphatic carbocycles. The Bertz CT molecular complexity index is 1370. The Kier molecular flexibility index (Phi) is 9.42. The number of allylic oxidation sites excluding steroid dienone is 2. The molecule has 0 amide bonds. The molecule has 1 aliphatic heterocycles. The Morgan fingerprint density at radius 1 is 1.15 bits per heavy atom. The van der Waals surface area contributed by atoms with Crippen LogP contribution in [-0.2, 0) is 27.8 Å². The SMILES string of the molecule is C[C@@H](SC1COC(C=CC=Cc2ccc(C#N)cc2F)OC1)[C@](O)(Cn1cncn1)c1ccc(C(F)(F)F)cc1. The molecular formula is C28H26F4N4O3S. The second kappa shape index (κ2) is 12.8. The van der Waals surface area contributed by atoms with E-state index in [0.29, 0.717) is 24.3 Å². The van der Waals surface area contributed by atoms with Crippen LogP contribution in [0.2, 0.25) is 0 Å². The van der Waals surface area contributed by atoms with Crippen molar-refractivity contribution in [3.05, 3.63) is 101 Å². The summed E-state index contributed by atoms with van der Waals surface area (Å²) >= 11 is 1.40. The molecule has 40 heavy (non-hydrogen) atoms. The van der Waals surface area contributed by atoms with E-state index in [2.05, 4.69) is 10.1 Å². The Labute approximate surface area is 232 Å². The van der Waals surface area contributed by atoms with E-state index in [0.717, 1.165) is 12.1 Å². The van der Waals surface area contributed by atoms with E-state index in [4.69, 9.17) is 14.7 Å². The number of aromatic nitrogens is 3. The number of nitriles is 1. The lowest BCUT2D eigenvalue weighted by atomic mass is 9.90. The highest BCUT2D eigenvalue weighted by atomic mass is 32.2. The van der Waals surface area contributed by atoms with Crippen LogP contribution in [-0.4, -0.2) is 49.9 Å². The minimum atomic E-state index is -4.49. The summed E-state index contributed by atoms with van der Waals surface area (Å²) in [5.74, 6) is -0.497. The van der Waals surface area contributed by atoms with Crippen molar-refractivity contribution in [2.75, 3.05) is 13.2 Å². The molecule has 1 aliphatic rings. The standard InChI is InChI=1S/C28H26F4N4O3S/c1-19(27(37,16-36-18-34-17-35-36)22-8-10-23(11-9-22)28(30,31)32)40-24-14-38-26(39-15-24)5-3-2-4-21-7-6-20(13-33)12-25(21)29/h2-12,17-19,24,26,37H,14-16H2,1H3/t19-,24?,26?,27-/m1/s1. The summed E-state index contributed by atoms with van der Waals surface area (Å²) < 4.78 is 66.2. The van der Waals surface area contributed by atoms with Gasteiger partial charge in [-0.05, 0) is 35.9 Å². The van der Waals surface area contributed by atoms with Gasteiger partial charge in [0.1, 0.15) is 24.1 Å². The van der Waals surface area contributed by atoms with Crippen molar-refractivity contribution in [1.82, 2.24) is 14.8 Å². The zero-order chi connectivity index (χ0) is 28.8. The second-order valence-electron chi connectivity index (χ2n) is 9.12. The number of nitrogens with zero attached hydrogens (tertiary/aromatic N) is 4. The van der Waals surface area contributed by atoms with Crippen LogP contribution in [0.25, 0.3) is 6.08 Å². The summed E-state index contributed by atoms with van der Waals surface area (Å²) in [7, 11) is 0. The molecule has 3 aromatic rings. The highest BCUT2D eigenvalue weighted by Crippen LogP contribution is 2.39. The zero-order valence-corrected chi connectivity index (χ0v) is 22.1. The number of aliphatic hydroxyl groups is 1. The number of halogens is 4. The summed E-state index contributed by atoms with van der Waals surface area (Å²) in [5, 5.41) is 24.0. The van der Waals surface area contributed by atoms with E-state index in [9.17, 15) is 22.7 Å². The van der Waals surface area contributed by atoms with Gasteiger partial charge in [0.25, 0.3) is 0 Å². The lowest BCUT2D eigenvalue weighted by Gasteiger charge is -2.37. The third kappa shape index (κ3) is 7.37. The first-order chi connectivity index (χ1) is 19.1. The zero-order valence-electron chi connectivity index (χ0n) is 21.3. The maximum absolute atomic E-state index is 14.0. The highest BCUT2D eigenvalue weighted by molar-refractivity contribution is 8.00. The lowest BCUT2D eigenvalue weighted by molar-refractivity contribution is -0.146. The van der Waals surface area contributed by atoms with E-state index in [1.807, 2.05) is 6.07 Å². The highest BCUT2D eigenvalue weighted by Gasteiger charge is 2.40. The van der Waals surface area contributed by atoms with Crippen LogP contribution >= 0.6 is 11.8 Å². The number of rotatable bonds is 9. The molecule has 12 heteroatoms. The monoisotopic (exact) mass is 574 g/mol. The predicted octanol–water partition coefficient (Wildman–Crippen LogP) is 5.33.